The average molecular weight is 194 g/mol. The van der Waals surface area contributed by atoms with Gasteiger partial charge in [-0.1, -0.05) is 0 Å². The van der Waals surface area contributed by atoms with Gasteiger partial charge < -0.3 is 4.74 Å². The van der Waals surface area contributed by atoms with E-state index in [1.54, 1.807) is 36.0 Å². The van der Waals surface area contributed by atoms with Gasteiger partial charge in [-0.2, -0.15) is 4.57 Å². The fraction of sp³-hybridized carbons (Fsp3) is 0.300. The van der Waals surface area contributed by atoms with Crippen LogP contribution in [0.5, 0.6) is 0 Å². The average Bonchev–Trinajstić information content (AvgIpc) is 2.18. The van der Waals surface area contributed by atoms with Crippen LogP contribution in [-0.2, 0) is 16.1 Å². The van der Waals surface area contributed by atoms with Crippen LogP contribution in [0.1, 0.15) is 17.3 Å². The Hall–Kier alpha value is -1.71. The maximum Gasteiger partial charge on any atom is 0.372 e. The van der Waals surface area contributed by atoms with Crippen LogP contribution in [0.3, 0.4) is 0 Å². The molecule has 0 saturated carbocycles. The van der Waals surface area contributed by atoms with Gasteiger partial charge in [0, 0.05) is 6.07 Å². The number of carbonyl (C=O) groups is 2. The lowest BCUT2D eigenvalue weighted by Gasteiger charge is -1.97. The highest BCUT2D eigenvalue weighted by Gasteiger charge is 2.09. The fourth-order valence-corrected chi connectivity index (χ4v) is 1.07. The van der Waals surface area contributed by atoms with Crippen LogP contribution in [0.25, 0.3) is 0 Å². The molecule has 0 aliphatic rings. The Labute approximate surface area is 82.1 Å². The number of carbonyl (C=O) groups excluding carboxylic acids is 2. The third kappa shape index (κ3) is 2.97. The van der Waals surface area contributed by atoms with E-state index in [0.717, 1.165) is 6.29 Å². The van der Waals surface area contributed by atoms with Crippen molar-refractivity contribution in [2.24, 2.45) is 0 Å². The Kier molecular flexibility index (Phi) is 3.79. The maximum absolute atomic E-state index is 11.1. The number of nitrogens with zero attached hydrogens (tertiary/aromatic N) is 1. The number of hydrogen-bond donors (Lipinski definition) is 0. The number of ether oxygens (including phenoxy) is 1. The molecule has 0 unspecified atom stereocenters. The lowest BCUT2D eigenvalue weighted by atomic mass is 10.3. The van der Waals surface area contributed by atoms with Crippen LogP contribution >= 0.6 is 0 Å². The topological polar surface area (TPSA) is 47.2 Å². The molecule has 0 atom stereocenters. The van der Waals surface area contributed by atoms with Crippen molar-refractivity contribution in [2.75, 3.05) is 6.61 Å². The summed E-state index contributed by atoms with van der Waals surface area (Å²) >= 11 is 0. The van der Waals surface area contributed by atoms with E-state index in [1.807, 2.05) is 0 Å². The summed E-state index contributed by atoms with van der Waals surface area (Å²) in [5.74, 6) is -0.305. The Morgan fingerprint density at radius 2 is 2.43 bits per heavy atom. The highest BCUT2D eigenvalue weighted by Crippen LogP contribution is 1.89. The standard InChI is InChI=1S/C10H12NO3/c1-2-14-10(13)7-11-5-3-4-9(6-11)8-12/h3-6,8H,2,7H2,1H3/q+1. The number of rotatable bonds is 4. The molecule has 1 aromatic rings. The van der Waals surface area contributed by atoms with E-state index >= 15 is 0 Å². The normalized spacial score (nSPS) is 9.50. The molecule has 0 aliphatic heterocycles. The van der Waals surface area contributed by atoms with Gasteiger partial charge in [-0.05, 0) is 13.0 Å². The van der Waals surface area contributed by atoms with Gasteiger partial charge in [0.25, 0.3) is 0 Å². The molecule has 0 amide bonds. The highest BCUT2D eigenvalue weighted by atomic mass is 16.5. The Morgan fingerprint density at radius 1 is 1.64 bits per heavy atom. The first-order valence-corrected chi connectivity index (χ1v) is 4.36. The monoisotopic (exact) mass is 194 g/mol. The number of hydrogen-bond acceptors (Lipinski definition) is 3. The number of aldehydes is 1. The molecule has 0 saturated heterocycles. The van der Waals surface area contributed by atoms with Crippen LogP contribution in [0.4, 0.5) is 0 Å². The van der Waals surface area contributed by atoms with Crippen molar-refractivity contribution >= 4 is 12.3 Å². The molecule has 0 N–H and O–H groups in total. The van der Waals surface area contributed by atoms with Crippen LogP contribution in [0.15, 0.2) is 24.5 Å². The predicted molar refractivity (Wildman–Crippen MR) is 48.7 cm³/mol. The molecule has 14 heavy (non-hydrogen) atoms. The molecule has 4 nitrogen and oxygen atoms in total. The van der Waals surface area contributed by atoms with Crippen LogP contribution < -0.4 is 4.57 Å². The molecule has 74 valence electrons. The zero-order valence-electron chi connectivity index (χ0n) is 7.97. The van der Waals surface area contributed by atoms with Gasteiger partial charge in [-0.25, -0.2) is 4.79 Å². The fourth-order valence-electron chi connectivity index (χ4n) is 1.07. The van der Waals surface area contributed by atoms with Crippen molar-refractivity contribution in [2.45, 2.75) is 13.5 Å². The molecule has 0 radical (unpaired) electrons. The van der Waals surface area contributed by atoms with Gasteiger partial charge in [0.2, 0.25) is 6.54 Å². The van der Waals surface area contributed by atoms with E-state index in [2.05, 4.69) is 0 Å². The van der Waals surface area contributed by atoms with Gasteiger partial charge in [0.15, 0.2) is 18.7 Å². The minimum atomic E-state index is -0.305. The summed E-state index contributed by atoms with van der Waals surface area (Å²) in [4.78, 5) is 21.5. The third-order valence-electron chi connectivity index (χ3n) is 1.63. The van der Waals surface area contributed by atoms with E-state index in [-0.39, 0.29) is 12.5 Å². The summed E-state index contributed by atoms with van der Waals surface area (Å²) < 4.78 is 6.38. The van der Waals surface area contributed by atoms with Crippen molar-refractivity contribution < 1.29 is 18.9 Å². The Morgan fingerprint density at radius 3 is 3.07 bits per heavy atom. The zero-order chi connectivity index (χ0) is 10.4. The SMILES string of the molecule is CCOC(=O)C[n+]1cccc(C=O)c1. The first-order valence-electron chi connectivity index (χ1n) is 4.36. The van der Waals surface area contributed by atoms with Crippen molar-refractivity contribution in [1.82, 2.24) is 0 Å². The highest BCUT2D eigenvalue weighted by molar-refractivity contribution is 5.73. The van der Waals surface area contributed by atoms with E-state index in [0.29, 0.717) is 12.2 Å². The zero-order valence-corrected chi connectivity index (χ0v) is 7.97. The van der Waals surface area contributed by atoms with E-state index in [9.17, 15) is 9.59 Å². The molecular weight excluding hydrogens is 182 g/mol. The second kappa shape index (κ2) is 5.11. The van der Waals surface area contributed by atoms with Gasteiger partial charge in [0.1, 0.15) is 0 Å². The lowest BCUT2D eigenvalue weighted by molar-refractivity contribution is -0.686. The lowest BCUT2D eigenvalue weighted by Crippen LogP contribution is -2.38. The quantitative estimate of drug-likeness (QED) is 0.395. The molecule has 0 bridgehead atoms. The second-order valence-corrected chi connectivity index (χ2v) is 2.73. The van der Waals surface area contributed by atoms with Gasteiger partial charge in [-0.15, -0.1) is 0 Å². The van der Waals surface area contributed by atoms with Crippen molar-refractivity contribution in [3.05, 3.63) is 30.1 Å². The van der Waals surface area contributed by atoms with Crippen LogP contribution in [-0.4, -0.2) is 18.9 Å². The molecule has 0 fully saturated rings. The number of aromatic nitrogens is 1. The van der Waals surface area contributed by atoms with Crippen LogP contribution in [0, 0.1) is 0 Å². The summed E-state index contributed by atoms with van der Waals surface area (Å²) in [5.41, 5.74) is 0.539. The summed E-state index contributed by atoms with van der Waals surface area (Å²) in [5, 5.41) is 0. The van der Waals surface area contributed by atoms with Gasteiger partial charge in [-0.3, -0.25) is 4.79 Å². The summed E-state index contributed by atoms with van der Waals surface area (Å²) in [6.45, 7) is 2.26. The molecule has 1 heterocycles. The first-order chi connectivity index (χ1) is 6.76. The summed E-state index contributed by atoms with van der Waals surface area (Å²) in [7, 11) is 0. The van der Waals surface area contributed by atoms with Crippen molar-refractivity contribution in [1.29, 1.82) is 0 Å². The summed E-state index contributed by atoms with van der Waals surface area (Å²) in [6.07, 6.45) is 4.05. The van der Waals surface area contributed by atoms with Gasteiger partial charge >= 0.3 is 5.97 Å². The van der Waals surface area contributed by atoms with Crippen molar-refractivity contribution in [3.63, 3.8) is 0 Å². The minimum absolute atomic E-state index is 0.134. The molecule has 0 spiro atoms. The van der Waals surface area contributed by atoms with E-state index < -0.39 is 0 Å². The molecule has 4 heteroatoms. The smallest absolute Gasteiger partial charge is 0.372 e. The third-order valence-corrected chi connectivity index (χ3v) is 1.63. The van der Waals surface area contributed by atoms with E-state index in [1.165, 1.54) is 0 Å². The van der Waals surface area contributed by atoms with Crippen molar-refractivity contribution in [3.8, 4) is 0 Å². The first kappa shape index (κ1) is 10.4. The molecule has 0 aromatic carbocycles. The maximum atomic E-state index is 11.1. The number of esters is 1. The molecular formula is C10H12NO3+. The predicted octanol–water partition coefficient (Wildman–Crippen LogP) is 0.350. The molecule has 1 rings (SSSR count). The van der Waals surface area contributed by atoms with Gasteiger partial charge in [0.05, 0.1) is 12.2 Å². The molecule has 1 aromatic heterocycles. The summed E-state index contributed by atoms with van der Waals surface area (Å²) in [6, 6.07) is 3.39. The second-order valence-electron chi connectivity index (χ2n) is 2.73. The number of pyridine rings is 1. The minimum Gasteiger partial charge on any atom is -0.461 e. The Bertz CT molecular complexity index is 336. The van der Waals surface area contributed by atoms with Crippen LogP contribution in [0.2, 0.25) is 0 Å². The Balaban J connectivity index is 2.66. The largest absolute Gasteiger partial charge is 0.461 e. The molecule has 0 aliphatic carbocycles. The van der Waals surface area contributed by atoms with E-state index in [4.69, 9.17) is 4.74 Å².